The third-order valence-electron chi connectivity index (χ3n) is 3.18. The monoisotopic (exact) mass is 252 g/mol. The lowest BCUT2D eigenvalue weighted by molar-refractivity contribution is -0.117. The first-order valence-electron chi connectivity index (χ1n) is 6.07. The summed E-state index contributed by atoms with van der Waals surface area (Å²) in [5.74, 6) is 0.0371. The number of benzene rings is 1. The standard InChI is InChI=1S/C15H12N2O2/c18-14-8-10-1-2-11(7-12(10)9-14)15(19)17-13-3-5-16-6-4-13/h1-7H,8-9H2,(H,16,17,19). The van der Waals surface area contributed by atoms with Crippen LogP contribution in [0.4, 0.5) is 5.69 Å². The molecule has 1 aromatic heterocycles. The van der Waals surface area contributed by atoms with Crippen LogP contribution in [0.25, 0.3) is 0 Å². The van der Waals surface area contributed by atoms with E-state index in [-0.39, 0.29) is 11.7 Å². The van der Waals surface area contributed by atoms with Crippen molar-refractivity contribution >= 4 is 17.4 Å². The second-order valence-corrected chi connectivity index (χ2v) is 4.57. The van der Waals surface area contributed by atoms with Crippen LogP contribution in [0.15, 0.2) is 42.7 Å². The van der Waals surface area contributed by atoms with E-state index in [9.17, 15) is 9.59 Å². The first-order valence-corrected chi connectivity index (χ1v) is 6.07. The van der Waals surface area contributed by atoms with E-state index < -0.39 is 0 Å². The molecule has 0 spiro atoms. The molecule has 1 aromatic carbocycles. The highest BCUT2D eigenvalue weighted by atomic mass is 16.1. The minimum Gasteiger partial charge on any atom is -0.322 e. The summed E-state index contributed by atoms with van der Waals surface area (Å²) in [4.78, 5) is 27.3. The average molecular weight is 252 g/mol. The molecule has 94 valence electrons. The molecule has 1 N–H and O–H groups in total. The van der Waals surface area contributed by atoms with Crippen molar-refractivity contribution in [1.29, 1.82) is 0 Å². The van der Waals surface area contributed by atoms with E-state index in [1.54, 1.807) is 36.7 Å². The van der Waals surface area contributed by atoms with E-state index in [2.05, 4.69) is 10.3 Å². The lowest BCUT2D eigenvalue weighted by Gasteiger charge is -2.06. The number of Topliss-reactive ketones (excluding diaryl/α,β-unsaturated/α-hetero) is 1. The van der Waals surface area contributed by atoms with Gasteiger partial charge in [0.15, 0.2) is 0 Å². The zero-order valence-electron chi connectivity index (χ0n) is 10.2. The highest BCUT2D eigenvalue weighted by Crippen LogP contribution is 2.21. The van der Waals surface area contributed by atoms with Gasteiger partial charge in [0, 0.05) is 36.5 Å². The summed E-state index contributed by atoms with van der Waals surface area (Å²) in [7, 11) is 0. The van der Waals surface area contributed by atoms with E-state index in [0.29, 0.717) is 24.1 Å². The molecule has 0 unspecified atom stereocenters. The molecule has 1 aliphatic rings. The molecule has 1 amide bonds. The molecule has 4 heteroatoms. The number of carbonyl (C=O) groups excluding carboxylic acids is 2. The number of hydrogen-bond acceptors (Lipinski definition) is 3. The van der Waals surface area contributed by atoms with Crippen molar-refractivity contribution in [3.8, 4) is 0 Å². The molecule has 0 fully saturated rings. The molecule has 1 aliphatic carbocycles. The third-order valence-corrected chi connectivity index (χ3v) is 3.18. The maximum Gasteiger partial charge on any atom is 0.255 e. The van der Waals surface area contributed by atoms with Gasteiger partial charge in [0.25, 0.3) is 5.91 Å². The maximum absolute atomic E-state index is 12.1. The number of fused-ring (bicyclic) bond motifs is 1. The van der Waals surface area contributed by atoms with Gasteiger partial charge in [0.2, 0.25) is 0 Å². The number of ketones is 1. The van der Waals surface area contributed by atoms with Gasteiger partial charge < -0.3 is 5.32 Å². The summed E-state index contributed by atoms with van der Waals surface area (Å²) in [6, 6.07) is 8.88. The fourth-order valence-electron chi connectivity index (χ4n) is 2.23. The molecule has 4 nitrogen and oxygen atoms in total. The molecule has 19 heavy (non-hydrogen) atoms. The Bertz CT molecular complexity index is 650. The Hall–Kier alpha value is -2.49. The molecule has 0 radical (unpaired) electrons. The summed E-state index contributed by atoms with van der Waals surface area (Å²) in [6.45, 7) is 0. The van der Waals surface area contributed by atoms with Gasteiger partial charge in [0.1, 0.15) is 5.78 Å². The Balaban J connectivity index is 1.82. The average Bonchev–Trinajstić information content (AvgIpc) is 2.78. The van der Waals surface area contributed by atoms with Crippen LogP contribution in [0.5, 0.6) is 0 Å². The van der Waals surface area contributed by atoms with Gasteiger partial charge in [-0.25, -0.2) is 0 Å². The number of nitrogens with one attached hydrogen (secondary N) is 1. The second-order valence-electron chi connectivity index (χ2n) is 4.57. The lowest BCUT2D eigenvalue weighted by atomic mass is 10.1. The van der Waals surface area contributed by atoms with Crippen LogP contribution in [0, 0.1) is 0 Å². The normalized spacial score (nSPS) is 13.2. The van der Waals surface area contributed by atoms with E-state index >= 15 is 0 Å². The smallest absolute Gasteiger partial charge is 0.255 e. The van der Waals surface area contributed by atoms with Crippen LogP contribution in [0.2, 0.25) is 0 Å². The Kier molecular flexibility index (Phi) is 2.83. The molecule has 3 rings (SSSR count). The lowest BCUT2D eigenvalue weighted by Crippen LogP contribution is -2.12. The van der Waals surface area contributed by atoms with Crippen molar-refractivity contribution in [1.82, 2.24) is 4.98 Å². The number of anilines is 1. The second kappa shape index (κ2) is 4.65. The molecule has 1 heterocycles. The number of nitrogens with zero attached hydrogens (tertiary/aromatic N) is 1. The molecule has 0 saturated heterocycles. The zero-order valence-corrected chi connectivity index (χ0v) is 10.2. The van der Waals surface area contributed by atoms with Crippen molar-refractivity contribution < 1.29 is 9.59 Å². The van der Waals surface area contributed by atoms with Crippen LogP contribution < -0.4 is 5.32 Å². The Morgan fingerprint density at radius 1 is 1.05 bits per heavy atom. The fraction of sp³-hybridized carbons (Fsp3) is 0.133. The van der Waals surface area contributed by atoms with Gasteiger partial charge >= 0.3 is 0 Å². The summed E-state index contributed by atoms with van der Waals surface area (Å²) in [6.07, 6.45) is 4.17. The van der Waals surface area contributed by atoms with E-state index in [0.717, 1.165) is 11.1 Å². The number of pyridine rings is 1. The molecular weight excluding hydrogens is 240 g/mol. The van der Waals surface area contributed by atoms with Crippen molar-refractivity contribution in [2.24, 2.45) is 0 Å². The van der Waals surface area contributed by atoms with E-state index in [1.165, 1.54) is 0 Å². The quantitative estimate of drug-likeness (QED) is 0.889. The van der Waals surface area contributed by atoms with E-state index in [4.69, 9.17) is 0 Å². The summed E-state index contributed by atoms with van der Waals surface area (Å²) >= 11 is 0. The number of rotatable bonds is 2. The van der Waals surface area contributed by atoms with Gasteiger partial charge in [-0.2, -0.15) is 0 Å². The number of amides is 1. The SMILES string of the molecule is O=C1Cc2ccc(C(=O)Nc3ccncc3)cc2C1. The van der Waals surface area contributed by atoms with Crippen LogP contribution >= 0.6 is 0 Å². The number of carbonyl (C=O) groups is 2. The number of aromatic nitrogens is 1. The van der Waals surface area contributed by atoms with Crippen molar-refractivity contribution in [3.63, 3.8) is 0 Å². The first-order chi connectivity index (χ1) is 9.22. The topological polar surface area (TPSA) is 59.1 Å². The van der Waals surface area contributed by atoms with Crippen LogP contribution in [0.1, 0.15) is 21.5 Å². The van der Waals surface area contributed by atoms with Gasteiger partial charge in [-0.05, 0) is 35.4 Å². The molecule has 0 saturated carbocycles. The summed E-state index contributed by atoms with van der Waals surface area (Å²) < 4.78 is 0. The molecule has 0 atom stereocenters. The Labute approximate surface area is 110 Å². The van der Waals surface area contributed by atoms with Gasteiger partial charge in [-0.15, -0.1) is 0 Å². The predicted molar refractivity (Wildman–Crippen MR) is 71.0 cm³/mol. The predicted octanol–water partition coefficient (Wildman–Crippen LogP) is 2.00. The summed E-state index contributed by atoms with van der Waals surface area (Å²) in [5, 5.41) is 2.80. The van der Waals surface area contributed by atoms with Crippen LogP contribution in [-0.2, 0) is 17.6 Å². The highest BCUT2D eigenvalue weighted by Gasteiger charge is 2.19. The molecule has 2 aromatic rings. The maximum atomic E-state index is 12.1. The van der Waals surface area contributed by atoms with Crippen LogP contribution in [0.3, 0.4) is 0 Å². The van der Waals surface area contributed by atoms with Gasteiger partial charge in [-0.1, -0.05) is 6.07 Å². The van der Waals surface area contributed by atoms with Gasteiger partial charge in [0.05, 0.1) is 0 Å². The third kappa shape index (κ3) is 2.38. The number of hydrogen-bond donors (Lipinski definition) is 1. The minimum absolute atomic E-state index is 0.173. The highest BCUT2D eigenvalue weighted by molar-refractivity contribution is 6.04. The fourth-order valence-corrected chi connectivity index (χ4v) is 2.23. The molecule has 0 aliphatic heterocycles. The van der Waals surface area contributed by atoms with Crippen molar-refractivity contribution in [2.75, 3.05) is 5.32 Å². The largest absolute Gasteiger partial charge is 0.322 e. The Morgan fingerprint density at radius 3 is 2.58 bits per heavy atom. The Morgan fingerprint density at radius 2 is 1.79 bits per heavy atom. The van der Waals surface area contributed by atoms with Crippen LogP contribution in [-0.4, -0.2) is 16.7 Å². The molecule has 0 bridgehead atoms. The first kappa shape index (κ1) is 11.6. The minimum atomic E-state index is -0.173. The zero-order chi connectivity index (χ0) is 13.2. The van der Waals surface area contributed by atoms with Crippen molar-refractivity contribution in [2.45, 2.75) is 12.8 Å². The summed E-state index contributed by atoms with van der Waals surface area (Å²) in [5.41, 5.74) is 3.28. The molecular formula is C15H12N2O2. The van der Waals surface area contributed by atoms with Gasteiger partial charge in [-0.3, -0.25) is 14.6 Å². The van der Waals surface area contributed by atoms with Crippen molar-refractivity contribution in [3.05, 3.63) is 59.4 Å². The van der Waals surface area contributed by atoms with E-state index in [1.807, 2.05) is 6.07 Å².